The van der Waals surface area contributed by atoms with Gasteiger partial charge >= 0.3 is 0 Å². The van der Waals surface area contributed by atoms with Crippen LogP contribution in [-0.4, -0.2) is 18.0 Å². The number of amides is 1. The largest absolute Gasteiger partial charge is 0.353 e. The molecule has 2 fully saturated rings. The van der Waals surface area contributed by atoms with Gasteiger partial charge in [-0.05, 0) is 51.4 Å². The van der Waals surface area contributed by atoms with E-state index >= 15 is 0 Å². The molecule has 18 heavy (non-hydrogen) atoms. The standard InChI is InChI=1S/C15H28N2O/c1-3-11-6-8-12(9-7-11)17-14(18)15(2)10-4-5-13(15)16/h11-13H,3-10,16H2,1-2H3,(H,17,18). The van der Waals surface area contributed by atoms with Crippen LogP contribution < -0.4 is 11.1 Å². The minimum absolute atomic E-state index is 0.0458. The Morgan fingerprint density at radius 2 is 1.94 bits per heavy atom. The van der Waals surface area contributed by atoms with Gasteiger partial charge in [-0.3, -0.25) is 4.79 Å². The zero-order valence-corrected chi connectivity index (χ0v) is 11.9. The van der Waals surface area contributed by atoms with Gasteiger partial charge in [0.25, 0.3) is 0 Å². The van der Waals surface area contributed by atoms with E-state index in [0.717, 1.165) is 38.0 Å². The van der Waals surface area contributed by atoms with Crippen LogP contribution in [0, 0.1) is 11.3 Å². The minimum Gasteiger partial charge on any atom is -0.353 e. The topological polar surface area (TPSA) is 55.1 Å². The highest BCUT2D eigenvalue weighted by molar-refractivity contribution is 5.83. The van der Waals surface area contributed by atoms with Crippen LogP contribution in [0.15, 0.2) is 0 Å². The minimum atomic E-state index is -0.318. The zero-order valence-electron chi connectivity index (χ0n) is 11.9. The first-order valence-corrected chi connectivity index (χ1v) is 7.62. The van der Waals surface area contributed by atoms with E-state index in [-0.39, 0.29) is 17.4 Å². The molecular formula is C15H28N2O. The van der Waals surface area contributed by atoms with Gasteiger partial charge in [0.1, 0.15) is 0 Å². The Morgan fingerprint density at radius 3 is 2.44 bits per heavy atom. The molecular weight excluding hydrogens is 224 g/mol. The number of rotatable bonds is 3. The zero-order chi connectivity index (χ0) is 13.2. The summed E-state index contributed by atoms with van der Waals surface area (Å²) < 4.78 is 0. The summed E-state index contributed by atoms with van der Waals surface area (Å²) in [6.45, 7) is 4.31. The Bertz CT molecular complexity index is 297. The highest BCUT2D eigenvalue weighted by Crippen LogP contribution is 2.37. The Hall–Kier alpha value is -0.570. The molecule has 2 aliphatic rings. The fourth-order valence-corrected chi connectivity index (χ4v) is 3.54. The maximum atomic E-state index is 12.4. The van der Waals surface area contributed by atoms with Crippen LogP contribution in [0.2, 0.25) is 0 Å². The van der Waals surface area contributed by atoms with E-state index in [1.807, 2.05) is 6.92 Å². The first-order chi connectivity index (χ1) is 8.56. The predicted molar refractivity (Wildman–Crippen MR) is 74.1 cm³/mol. The summed E-state index contributed by atoms with van der Waals surface area (Å²) in [4.78, 5) is 12.4. The van der Waals surface area contributed by atoms with Crippen LogP contribution >= 0.6 is 0 Å². The van der Waals surface area contributed by atoms with Crippen LogP contribution in [0.5, 0.6) is 0 Å². The highest BCUT2D eigenvalue weighted by Gasteiger charge is 2.43. The van der Waals surface area contributed by atoms with Crippen molar-refractivity contribution in [3.8, 4) is 0 Å². The third-order valence-corrected chi connectivity index (χ3v) is 5.31. The van der Waals surface area contributed by atoms with Gasteiger partial charge in [-0.1, -0.05) is 19.8 Å². The van der Waals surface area contributed by atoms with E-state index in [2.05, 4.69) is 12.2 Å². The summed E-state index contributed by atoms with van der Waals surface area (Å²) in [5.74, 6) is 1.08. The summed E-state index contributed by atoms with van der Waals surface area (Å²) in [5.41, 5.74) is 5.78. The summed E-state index contributed by atoms with van der Waals surface area (Å²) in [5, 5.41) is 3.26. The molecule has 3 nitrogen and oxygen atoms in total. The molecule has 0 aromatic rings. The number of hydrogen-bond acceptors (Lipinski definition) is 2. The lowest BCUT2D eigenvalue weighted by molar-refractivity contribution is -0.131. The summed E-state index contributed by atoms with van der Waals surface area (Å²) >= 11 is 0. The fraction of sp³-hybridized carbons (Fsp3) is 0.933. The highest BCUT2D eigenvalue weighted by atomic mass is 16.2. The summed E-state index contributed by atoms with van der Waals surface area (Å²) in [6.07, 6.45) is 9.15. The quantitative estimate of drug-likeness (QED) is 0.811. The number of nitrogens with one attached hydrogen (secondary N) is 1. The van der Waals surface area contributed by atoms with Gasteiger partial charge in [0.2, 0.25) is 5.91 Å². The smallest absolute Gasteiger partial charge is 0.227 e. The van der Waals surface area contributed by atoms with Gasteiger partial charge in [-0.25, -0.2) is 0 Å². The van der Waals surface area contributed by atoms with Crippen molar-refractivity contribution in [2.75, 3.05) is 0 Å². The molecule has 104 valence electrons. The van der Waals surface area contributed by atoms with Crippen molar-refractivity contribution in [1.82, 2.24) is 5.32 Å². The molecule has 0 aliphatic heterocycles. The van der Waals surface area contributed by atoms with Gasteiger partial charge in [-0.15, -0.1) is 0 Å². The van der Waals surface area contributed by atoms with Crippen LogP contribution in [0.1, 0.15) is 65.2 Å². The third-order valence-electron chi connectivity index (χ3n) is 5.31. The second kappa shape index (κ2) is 5.60. The number of carbonyl (C=O) groups excluding carboxylic acids is 1. The first-order valence-electron chi connectivity index (χ1n) is 7.62. The van der Waals surface area contributed by atoms with E-state index in [1.54, 1.807) is 0 Å². The summed E-state index contributed by atoms with van der Waals surface area (Å²) in [6, 6.07) is 0.439. The predicted octanol–water partition coefficient (Wildman–Crippen LogP) is 2.59. The van der Waals surface area contributed by atoms with Crippen molar-refractivity contribution in [2.45, 2.75) is 77.3 Å². The van der Waals surface area contributed by atoms with Crippen LogP contribution in [0.3, 0.4) is 0 Å². The fourth-order valence-electron chi connectivity index (χ4n) is 3.54. The molecule has 0 aromatic heterocycles. The molecule has 0 saturated heterocycles. The van der Waals surface area contributed by atoms with Gasteiger partial charge in [0.15, 0.2) is 0 Å². The molecule has 2 rings (SSSR count). The molecule has 0 radical (unpaired) electrons. The Labute approximate surface area is 111 Å². The molecule has 2 atom stereocenters. The van der Waals surface area contributed by atoms with Crippen molar-refractivity contribution in [2.24, 2.45) is 17.1 Å². The molecule has 0 aromatic carbocycles. The normalized spacial score (nSPS) is 40.7. The number of hydrogen-bond donors (Lipinski definition) is 2. The Balaban J connectivity index is 1.85. The second-order valence-electron chi connectivity index (χ2n) is 6.52. The molecule has 0 bridgehead atoms. The molecule has 3 N–H and O–H groups in total. The molecule has 0 heterocycles. The van der Waals surface area contributed by atoms with Crippen molar-refractivity contribution < 1.29 is 4.79 Å². The average molecular weight is 252 g/mol. The SMILES string of the molecule is CCC1CCC(NC(=O)C2(C)CCCC2N)CC1. The maximum Gasteiger partial charge on any atom is 0.227 e. The van der Waals surface area contributed by atoms with Gasteiger partial charge in [0.05, 0.1) is 5.41 Å². The average Bonchev–Trinajstić information content (AvgIpc) is 2.72. The van der Waals surface area contributed by atoms with Crippen LogP contribution in [0.25, 0.3) is 0 Å². The van der Waals surface area contributed by atoms with Gasteiger partial charge in [0, 0.05) is 12.1 Å². The van der Waals surface area contributed by atoms with E-state index in [1.165, 1.54) is 19.3 Å². The van der Waals surface area contributed by atoms with Crippen molar-refractivity contribution >= 4 is 5.91 Å². The molecule has 1 amide bonds. The summed E-state index contributed by atoms with van der Waals surface area (Å²) in [7, 11) is 0. The lowest BCUT2D eigenvalue weighted by Crippen LogP contribution is -2.50. The van der Waals surface area contributed by atoms with E-state index in [9.17, 15) is 4.79 Å². The van der Waals surface area contributed by atoms with E-state index in [4.69, 9.17) is 5.73 Å². The molecule has 0 spiro atoms. The molecule has 2 aliphatic carbocycles. The third kappa shape index (κ3) is 2.71. The van der Waals surface area contributed by atoms with Gasteiger partial charge in [-0.2, -0.15) is 0 Å². The lowest BCUT2D eigenvalue weighted by atomic mass is 9.81. The van der Waals surface area contributed by atoms with Crippen molar-refractivity contribution in [3.05, 3.63) is 0 Å². The monoisotopic (exact) mass is 252 g/mol. The number of carbonyl (C=O) groups is 1. The van der Waals surface area contributed by atoms with Gasteiger partial charge < -0.3 is 11.1 Å². The molecule has 2 saturated carbocycles. The molecule has 2 unspecified atom stereocenters. The lowest BCUT2D eigenvalue weighted by Gasteiger charge is -2.33. The Kier molecular flexibility index (Phi) is 4.31. The number of nitrogens with two attached hydrogens (primary N) is 1. The molecule has 3 heteroatoms. The Morgan fingerprint density at radius 1 is 1.28 bits per heavy atom. The second-order valence-corrected chi connectivity index (χ2v) is 6.52. The van der Waals surface area contributed by atoms with Crippen molar-refractivity contribution in [1.29, 1.82) is 0 Å². The maximum absolute atomic E-state index is 12.4. The first kappa shape index (κ1) is 13.9. The van der Waals surface area contributed by atoms with E-state index in [0.29, 0.717) is 6.04 Å². The van der Waals surface area contributed by atoms with Crippen molar-refractivity contribution in [3.63, 3.8) is 0 Å². The van der Waals surface area contributed by atoms with Crippen LogP contribution in [-0.2, 0) is 4.79 Å². The van der Waals surface area contributed by atoms with E-state index < -0.39 is 0 Å². The van der Waals surface area contributed by atoms with Crippen LogP contribution in [0.4, 0.5) is 0 Å².